The predicted molar refractivity (Wildman–Crippen MR) is 113 cm³/mol. The van der Waals surface area contributed by atoms with Gasteiger partial charge in [-0.3, -0.25) is 9.88 Å². The van der Waals surface area contributed by atoms with E-state index in [1.165, 1.54) is 0 Å². The minimum absolute atomic E-state index is 0.525. The highest BCUT2D eigenvalue weighted by atomic mass is 35.5. The van der Waals surface area contributed by atoms with Crippen LogP contribution in [0.15, 0.2) is 42.7 Å². The van der Waals surface area contributed by atoms with Gasteiger partial charge < -0.3 is 9.72 Å². The first-order valence-corrected chi connectivity index (χ1v) is 10.2. The van der Waals surface area contributed by atoms with Crippen LogP contribution in [0, 0.1) is 0 Å². The summed E-state index contributed by atoms with van der Waals surface area (Å²) in [6.45, 7) is 4.73. The molecule has 2 aromatic heterocycles. The van der Waals surface area contributed by atoms with Gasteiger partial charge in [0.2, 0.25) is 0 Å². The molecule has 1 saturated heterocycles. The Morgan fingerprint density at radius 3 is 2.54 bits per heavy atom. The molecule has 1 aliphatic rings. The van der Waals surface area contributed by atoms with Gasteiger partial charge in [-0.1, -0.05) is 29.3 Å². The van der Waals surface area contributed by atoms with Gasteiger partial charge in [-0.05, 0) is 37.2 Å². The molecule has 1 aliphatic heterocycles. The van der Waals surface area contributed by atoms with Crippen LogP contribution >= 0.6 is 23.2 Å². The molecule has 0 bridgehead atoms. The zero-order valence-corrected chi connectivity index (χ0v) is 17.0. The van der Waals surface area contributed by atoms with Crippen LogP contribution in [0.1, 0.15) is 12.2 Å². The van der Waals surface area contributed by atoms with Gasteiger partial charge in [-0.15, -0.1) is 0 Å². The molecule has 4 rings (SSSR count). The minimum atomic E-state index is 0.525. The fourth-order valence-corrected chi connectivity index (χ4v) is 3.71. The molecule has 1 aromatic carbocycles. The maximum absolute atomic E-state index is 6.24. The summed E-state index contributed by atoms with van der Waals surface area (Å²) < 4.78 is 5.41. The van der Waals surface area contributed by atoms with Crippen molar-refractivity contribution in [3.05, 3.63) is 58.6 Å². The Hall–Kier alpha value is -1.92. The van der Waals surface area contributed by atoms with Gasteiger partial charge in [0.1, 0.15) is 5.82 Å². The van der Waals surface area contributed by atoms with Crippen LogP contribution < -0.4 is 0 Å². The van der Waals surface area contributed by atoms with Crippen LogP contribution in [0.3, 0.4) is 0 Å². The molecule has 1 N–H and O–H groups in total. The molecule has 3 heterocycles. The number of aromatic nitrogens is 3. The Kier molecular flexibility index (Phi) is 6.27. The highest BCUT2D eigenvalue weighted by Gasteiger charge is 2.16. The fraction of sp³-hybridized carbons (Fsp3) is 0.333. The molecular weight excluding hydrogens is 395 g/mol. The number of rotatable bonds is 6. The van der Waals surface area contributed by atoms with Crippen LogP contribution in [0.4, 0.5) is 0 Å². The highest BCUT2D eigenvalue weighted by Crippen LogP contribution is 2.33. The highest BCUT2D eigenvalue weighted by molar-refractivity contribution is 6.42. The molecule has 5 nitrogen and oxygen atoms in total. The zero-order chi connectivity index (χ0) is 19.3. The van der Waals surface area contributed by atoms with E-state index in [4.69, 9.17) is 32.9 Å². The lowest BCUT2D eigenvalue weighted by Crippen LogP contribution is -2.36. The van der Waals surface area contributed by atoms with Gasteiger partial charge in [-0.2, -0.15) is 0 Å². The summed E-state index contributed by atoms with van der Waals surface area (Å²) in [5, 5.41) is 1.06. The number of hydrogen-bond acceptors (Lipinski definition) is 4. The molecule has 0 unspecified atom stereocenters. The van der Waals surface area contributed by atoms with Gasteiger partial charge >= 0.3 is 0 Å². The number of morpholine rings is 1. The fourth-order valence-electron chi connectivity index (χ4n) is 3.42. The quantitative estimate of drug-likeness (QED) is 0.631. The van der Waals surface area contributed by atoms with Crippen molar-refractivity contribution in [1.29, 1.82) is 0 Å². The molecule has 0 radical (unpaired) electrons. The van der Waals surface area contributed by atoms with E-state index in [1.807, 2.05) is 30.3 Å². The molecule has 3 aromatic rings. The molecule has 0 atom stereocenters. The lowest BCUT2D eigenvalue weighted by atomic mass is 10.1. The maximum Gasteiger partial charge on any atom is 0.107 e. The van der Waals surface area contributed by atoms with Crippen LogP contribution in [-0.4, -0.2) is 52.7 Å². The summed E-state index contributed by atoms with van der Waals surface area (Å²) in [4.78, 5) is 15.0. The molecule has 0 saturated carbocycles. The van der Waals surface area contributed by atoms with Crippen molar-refractivity contribution < 1.29 is 4.74 Å². The summed E-state index contributed by atoms with van der Waals surface area (Å²) in [7, 11) is 0. The van der Waals surface area contributed by atoms with E-state index in [9.17, 15) is 0 Å². The molecular formula is C21H22Cl2N4O. The van der Waals surface area contributed by atoms with Crippen molar-refractivity contribution >= 4 is 23.2 Å². The number of pyridine rings is 1. The second-order valence-electron chi connectivity index (χ2n) is 6.83. The SMILES string of the molecule is Clc1ccc(-c2nc(CCCN3CCOCC3)[nH]c2-c2ccncc2)cc1Cl. The second-order valence-corrected chi connectivity index (χ2v) is 7.64. The minimum Gasteiger partial charge on any atom is -0.379 e. The number of ether oxygens (including phenoxy) is 1. The van der Waals surface area contributed by atoms with Crippen molar-refractivity contribution in [2.75, 3.05) is 32.8 Å². The first-order chi connectivity index (χ1) is 13.7. The number of hydrogen-bond donors (Lipinski definition) is 1. The van der Waals surface area contributed by atoms with Crippen molar-refractivity contribution in [2.24, 2.45) is 0 Å². The summed E-state index contributed by atoms with van der Waals surface area (Å²) in [5.41, 5.74) is 3.84. The van der Waals surface area contributed by atoms with E-state index in [2.05, 4.69) is 14.9 Å². The molecule has 1 fully saturated rings. The average Bonchev–Trinajstić information content (AvgIpc) is 3.16. The number of nitrogens with zero attached hydrogens (tertiary/aromatic N) is 3. The summed E-state index contributed by atoms with van der Waals surface area (Å²) >= 11 is 12.3. The number of halogens is 2. The number of aromatic amines is 1. The Morgan fingerprint density at radius 1 is 1.00 bits per heavy atom. The maximum atomic E-state index is 6.24. The lowest BCUT2D eigenvalue weighted by molar-refractivity contribution is 0.0374. The van der Waals surface area contributed by atoms with Crippen LogP contribution in [0.2, 0.25) is 10.0 Å². The molecule has 7 heteroatoms. The van der Waals surface area contributed by atoms with Crippen LogP contribution in [0.25, 0.3) is 22.5 Å². The number of benzene rings is 1. The van der Waals surface area contributed by atoms with Crippen LogP contribution in [0.5, 0.6) is 0 Å². The Bertz CT molecular complexity index is 923. The Labute approximate surface area is 174 Å². The number of H-pyrrole nitrogens is 1. The lowest BCUT2D eigenvalue weighted by Gasteiger charge is -2.26. The Morgan fingerprint density at radius 2 is 1.79 bits per heavy atom. The van der Waals surface area contributed by atoms with E-state index in [-0.39, 0.29) is 0 Å². The summed E-state index contributed by atoms with van der Waals surface area (Å²) in [6, 6.07) is 9.58. The topological polar surface area (TPSA) is 54.0 Å². The van der Waals surface area contributed by atoms with Crippen molar-refractivity contribution in [3.63, 3.8) is 0 Å². The normalized spacial score (nSPS) is 15.1. The standard InChI is InChI=1S/C21H22Cl2N4O/c22-17-4-3-16(14-18(17)23)21-20(15-5-7-24-8-6-15)25-19(26-21)2-1-9-27-10-12-28-13-11-27/h3-8,14H,1-2,9-13H2,(H,25,26). The monoisotopic (exact) mass is 416 g/mol. The van der Waals surface area contributed by atoms with E-state index in [1.54, 1.807) is 12.4 Å². The number of imidazole rings is 1. The number of aryl methyl sites for hydroxylation is 1. The third-order valence-electron chi connectivity index (χ3n) is 4.91. The largest absolute Gasteiger partial charge is 0.379 e. The van der Waals surface area contributed by atoms with E-state index in [0.29, 0.717) is 10.0 Å². The second kappa shape index (κ2) is 9.05. The molecule has 0 spiro atoms. The molecule has 28 heavy (non-hydrogen) atoms. The molecule has 0 amide bonds. The van der Waals surface area contributed by atoms with Crippen molar-refractivity contribution in [2.45, 2.75) is 12.8 Å². The Balaban J connectivity index is 1.57. The van der Waals surface area contributed by atoms with Gasteiger partial charge in [0.15, 0.2) is 0 Å². The average molecular weight is 417 g/mol. The van der Waals surface area contributed by atoms with Crippen molar-refractivity contribution in [3.8, 4) is 22.5 Å². The first-order valence-electron chi connectivity index (χ1n) is 9.45. The third-order valence-corrected chi connectivity index (χ3v) is 5.65. The van der Waals surface area contributed by atoms with Gasteiger partial charge in [0, 0.05) is 43.0 Å². The van der Waals surface area contributed by atoms with Crippen molar-refractivity contribution in [1.82, 2.24) is 19.9 Å². The predicted octanol–water partition coefficient (Wildman–Crippen LogP) is 4.71. The number of nitrogens with one attached hydrogen (secondary N) is 1. The van der Waals surface area contributed by atoms with E-state index in [0.717, 1.165) is 74.0 Å². The first kappa shape index (κ1) is 19.4. The zero-order valence-electron chi connectivity index (χ0n) is 15.5. The van der Waals surface area contributed by atoms with E-state index >= 15 is 0 Å². The summed E-state index contributed by atoms with van der Waals surface area (Å²) in [5.74, 6) is 0.973. The van der Waals surface area contributed by atoms with Gasteiger partial charge in [0.25, 0.3) is 0 Å². The van der Waals surface area contributed by atoms with Crippen LogP contribution in [-0.2, 0) is 11.2 Å². The molecule has 0 aliphatic carbocycles. The smallest absolute Gasteiger partial charge is 0.107 e. The van der Waals surface area contributed by atoms with Gasteiger partial charge in [-0.25, -0.2) is 4.98 Å². The summed E-state index contributed by atoms with van der Waals surface area (Å²) in [6.07, 6.45) is 5.50. The third kappa shape index (κ3) is 4.55. The molecule has 146 valence electrons. The van der Waals surface area contributed by atoms with E-state index < -0.39 is 0 Å². The van der Waals surface area contributed by atoms with Gasteiger partial charge in [0.05, 0.1) is 34.6 Å².